The van der Waals surface area contributed by atoms with Gasteiger partial charge in [-0.1, -0.05) is 27.7 Å². The zero-order chi connectivity index (χ0) is 15.3. The summed E-state index contributed by atoms with van der Waals surface area (Å²) in [4.78, 5) is 1.87. The second-order valence-electron chi connectivity index (χ2n) is 5.63. The van der Waals surface area contributed by atoms with Gasteiger partial charge >= 0.3 is 0 Å². The van der Waals surface area contributed by atoms with Crippen LogP contribution in [0, 0.1) is 17.6 Å². The Morgan fingerprint density at radius 3 is 1.95 bits per heavy atom. The van der Waals surface area contributed by atoms with Crippen molar-refractivity contribution < 1.29 is 8.78 Å². The highest BCUT2D eigenvalue weighted by Gasteiger charge is 2.23. The van der Waals surface area contributed by atoms with Crippen LogP contribution in [0.4, 0.5) is 14.5 Å². The molecular weight excluding hydrogens is 258 g/mol. The average molecular weight is 284 g/mol. The molecule has 20 heavy (non-hydrogen) atoms. The van der Waals surface area contributed by atoms with Crippen LogP contribution in [0.25, 0.3) is 0 Å². The number of nitrogens with two attached hydrogens (primary N) is 1. The van der Waals surface area contributed by atoms with E-state index in [-0.39, 0.29) is 18.3 Å². The third-order valence-electron chi connectivity index (χ3n) is 3.54. The molecule has 0 saturated carbocycles. The second-order valence-corrected chi connectivity index (χ2v) is 5.63. The molecule has 0 heterocycles. The van der Waals surface area contributed by atoms with Gasteiger partial charge in [-0.3, -0.25) is 0 Å². The Hall–Kier alpha value is -1.16. The number of hydrogen-bond acceptors (Lipinski definition) is 2. The molecular formula is C16H26F2N2. The first kappa shape index (κ1) is 16.9. The fourth-order valence-corrected chi connectivity index (χ4v) is 2.56. The van der Waals surface area contributed by atoms with Crippen molar-refractivity contribution in [3.05, 3.63) is 29.3 Å². The molecule has 0 aliphatic carbocycles. The van der Waals surface area contributed by atoms with Crippen molar-refractivity contribution in [2.24, 2.45) is 11.7 Å². The lowest BCUT2D eigenvalue weighted by Crippen LogP contribution is -2.38. The summed E-state index contributed by atoms with van der Waals surface area (Å²) in [5.74, 6) is -0.695. The van der Waals surface area contributed by atoms with Crippen molar-refractivity contribution in [1.82, 2.24) is 0 Å². The normalized spacial score (nSPS) is 11.4. The number of rotatable bonds is 7. The van der Waals surface area contributed by atoms with Gasteiger partial charge in [0.05, 0.1) is 0 Å². The fourth-order valence-electron chi connectivity index (χ4n) is 2.56. The zero-order valence-electron chi connectivity index (χ0n) is 12.9. The SMILES string of the molecule is CCC(CC)N(CC(C)C)c1c(F)cc(CN)cc1F. The molecule has 1 rings (SSSR count). The summed E-state index contributed by atoms with van der Waals surface area (Å²) in [6.45, 7) is 8.99. The van der Waals surface area contributed by atoms with E-state index in [1.165, 1.54) is 12.1 Å². The molecule has 0 aliphatic rings. The lowest BCUT2D eigenvalue weighted by molar-refractivity contribution is 0.480. The molecule has 0 bridgehead atoms. The van der Waals surface area contributed by atoms with Gasteiger partial charge in [-0.15, -0.1) is 0 Å². The van der Waals surface area contributed by atoms with Crippen LogP contribution < -0.4 is 10.6 Å². The van der Waals surface area contributed by atoms with E-state index in [0.29, 0.717) is 18.0 Å². The Kier molecular flexibility index (Phi) is 6.40. The van der Waals surface area contributed by atoms with E-state index in [1.807, 2.05) is 18.7 Å². The van der Waals surface area contributed by atoms with Crippen molar-refractivity contribution in [1.29, 1.82) is 0 Å². The molecule has 114 valence electrons. The Morgan fingerprint density at radius 2 is 1.60 bits per heavy atom. The van der Waals surface area contributed by atoms with E-state index in [9.17, 15) is 8.78 Å². The van der Waals surface area contributed by atoms with Gasteiger partial charge in [-0.2, -0.15) is 0 Å². The minimum Gasteiger partial charge on any atom is -0.364 e. The highest BCUT2D eigenvalue weighted by atomic mass is 19.1. The van der Waals surface area contributed by atoms with Crippen molar-refractivity contribution in [3.8, 4) is 0 Å². The molecule has 1 aromatic rings. The first-order valence-electron chi connectivity index (χ1n) is 7.39. The molecule has 1 aromatic carbocycles. The van der Waals surface area contributed by atoms with Gasteiger partial charge in [0.25, 0.3) is 0 Å². The lowest BCUT2D eigenvalue weighted by atomic mass is 10.0. The maximum absolute atomic E-state index is 14.3. The molecule has 0 unspecified atom stereocenters. The number of hydrogen-bond donors (Lipinski definition) is 1. The molecule has 0 atom stereocenters. The predicted octanol–water partition coefficient (Wildman–Crippen LogP) is 4.07. The topological polar surface area (TPSA) is 29.3 Å². The van der Waals surface area contributed by atoms with E-state index in [4.69, 9.17) is 5.73 Å². The molecule has 0 fully saturated rings. The van der Waals surface area contributed by atoms with E-state index in [1.54, 1.807) is 0 Å². The lowest BCUT2D eigenvalue weighted by Gasteiger charge is -2.34. The van der Waals surface area contributed by atoms with E-state index in [0.717, 1.165) is 12.8 Å². The monoisotopic (exact) mass is 284 g/mol. The summed E-state index contributed by atoms with van der Waals surface area (Å²) in [6.07, 6.45) is 1.72. The third kappa shape index (κ3) is 3.92. The van der Waals surface area contributed by atoms with E-state index in [2.05, 4.69) is 13.8 Å². The number of halogens is 2. The van der Waals surface area contributed by atoms with Gasteiger partial charge in [0.2, 0.25) is 0 Å². The maximum Gasteiger partial charge on any atom is 0.149 e. The van der Waals surface area contributed by atoms with Gasteiger partial charge in [0, 0.05) is 19.1 Å². The molecule has 0 aliphatic heterocycles. The molecule has 0 amide bonds. The van der Waals surface area contributed by atoms with Gasteiger partial charge < -0.3 is 10.6 Å². The van der Waals surface area contributed by atoms with Crippen LogP contribution in [0.3, 0.4) is 0 Å². The van der Waals surface area contributed by atoms with Gasteiger partial charge in [0.1, 0.15) is 17.3 Å². The largest absolute Gasteiger partial charge is 0.364 e. The summed E-state index contributed by atoms with van der Waals surface area (Å²) in [5.41, 5.74) is 6.03. The van der Waals surface area contributed by atoms with Crippen LogP contribution in [0.1, 0.15) is 46.1 Å². The quantitative estimate of drug-likeness (QED) is 0.817. The van der Waals surface area contributed by atoms with Crippen molar-refractivity contribution >= 4 is 5.69 Å². The summed E-state index contributed by atoms with van der Waals surface area (Å²) >= 11 is 0. The zero-order valence-corrected chi connectivity index (χ0v) is 12.9. The Balaban J connectivity index is 3.25. The number of anilines is 1. The highest BCUT2D eigenvalue weighted by Crippen LogP contribution is 2.29. The summed E-state index contributed by atoms with van der Waals surface area (Å²) in [6, 6.07) is 2.83. The standard InChI is InChI=1S/C16H26F2N2/c1-5-13(6-2)20(10-11(3)4)16-14(17)7-12(9-19)8-15(16)18/h7-8,11,13H,5-6,9-10,19H2,1-4H3. The van der Waals surface area contributed by atoms with Gasteiger partial charge in [-0.05, 0) is 36.5 Å². The smallest absolute Gasteiger partial charge is 0.149 e. The average Bonchev–Trinajstić information content (AvgIpc) is 2.38. The molecule has 0 aromatic heterocycles. The van der Waals surface area contributed by atoms with Crippen molar-refractivity contribution in [2.75, 3.05) is 11.4 Å². The van der Waals surface area contributed by atoms with Crippen LogP contribution in [0.15, 0.2) is 12.1 Å². The highest BCUT2D eigenvalue weighted by molar-refractivity contribution is 5.51. The van der Waals surface area contributed by atoms with Crippen LogP contribution in [0.2, 0.25) is 0 Å². The van der Waals surface area contributed by atoms with E-state index >= 15 is 0 Å². The van der Waals surface area contributed by atoms with Gasteiger partial charge in [0.15, 0.2) is 0 Å². The molecule has 2 N–H and O–H groups in total. The first-order valence-corrected chi connectivity index (χ1v) is 7.39. The molecule has 0 spiro atoms. The summed E-state index contributed by atoms with van der Waals surface area (Å²) < 4.78 is 28.6. The van der Waals surface area contributed by atoms with Crippen LogP contribution in [0.5, 0.6) is 0 Å². The van der Waals surface area contributed by atoms with E-state index < -0.39 is 11.6 Å². The number of nitrogens with zero attached hydrogens (tertiary/aromatic N) is 1. The van der Waals surface area contributed by atoms with Crippen LogP contribution in [-0.4, -0.2) is 12.6 Å². The third-order valence-corrected chi connectivity index (χ3v) is 3.54. The van der Waals surface area contributed by atoms with Gasteiger partial charge in [-0.25, -0.2) is 8.78 Å². The summed E-state index contributed by atoms with van der Waals surface area (Å²) in [5, 5.41) is 0. The number of benzene rings is 1. The predicted molar refractivity (Wildman–Crippen MR) is 80.8 cm³/mol. The first-order chi connectivity index (χ1) is 9.44. The van der Waals surface area contributed by atoms with Crippen molar-refractivity contribution in [2.45, 2.75) is 53.1 Å². The maximum atomic E-state index is 14.3. The minimum absolute atomic E-state index is 0.0876. The second kappa shape index (κ2) is 7.58. The molecule has 0 radical (unpaired) electrons. The Labute approximate surface area is 121 Å². The van der Waals surface area contributed by atoms with Crippen molar-refractivity contribution in [3.63, 3.8) is 0 Å². The molecule has 0 saturated heterocycles. The Morgan fingerprint density at radius 1 is 1.10 bits per heavy atom. The molecule has 4 heteroatoms. The molecule has 2 nitrogen and oxygen atoms in total. The van der Waals surface area contributed by atoms with Crippen LogP contribution >= 0.6 is 0 Å². The summed E-state index contributed by atoms with van der Waals surface area (Å²) in [7, 11) is 0. The Bertz CT molecular complexity index is 405. The fraction of sp³-hybridized carbons (Fsp3) is 0.625. The van der Waals surface area contributed by atoms with Crippen LogP contribution in [-0.2, 0) is 6.54 Å². The minimum atomic E-state index is -0.516.